The highest BCUT2D eigenvalue weighted by Gasteiger charge is 2.16. The number of benzene rings is 1. The Morgan fingerprint density at radius 2 is 2.00 bits per heavy atom. The molecule has 0 N–H and O–H groups in total. The van der Waals surface area contributed by atoms with E-state index in [9.17, 15) is 0 Å². The van der Waals surface area contributed by atoms with E-state index < -0.39 is 0 Å². The Kier molecular flexibility index (Phi) is 2.76. The van der Waals surface area contributed by atoms with E-state index in [-0.39, 0.29) is 0 Å². The van der Waals surface area contributed by atoms with Crippen LogP contribution in [-0.4, -0.2) is 9.38 Å². The number of nitrogens with zero attached hydrogens (tertiary/aromatic N) is 2. The second-order valence-electron chi connectivity index (χ2n) is 5.00. The van der Waals surface area contributed by atoms with Crippen LogP contribution in [-0.2, 0) is 6.42 Å². The van der Waals surface area contributed by atoms with E-state index in [4.69, 9.17) is 16.0 Å². The molecule has 1 aromatic carbocycles. The molecule has 0 bridgehead atoms. The van der Waals surface area contributed by atoms with E-state index in [0.29, 0.717) is 5.02 Å². The Labute approximate surface area is 126 Å². The normalized spacial score (nSPS) is 11.5. The molecule has 3 heterocycles. The predicted octanol–water partition coefficient (Wildman–Crippen LogP) is 4.96. The van der Waals surface area contributed by atoms with E-state index >= 15 is 0 Å². The Bertz CT molecular complexity index is 952. The zero-order chi connectivity index (χ0) is 14.4. The molecule has 0 radical (unpaired) electrons. The van der Waals surface area contributed by atoms with Crippen molar-refractivity contribution < 1.29 is 4.42 Å². The number of hydrogen-bond donors (Lipinski definition) is 0. The van der Waals surface area contributed by atoms with Crippen LogP contribution in [0.25, 0.3) is 28.1 Å². The van der Waals surface area contributed by atoms with Crippen LogP contribution in [0.1, 0.15) is 12.5 Å². The number of aryl methyl sites for hydroxylation is 1. The highest BCUT2D eigenvalue weighted by molar-refractivity contribution is 6.30. The molecule has 4 heteroatoms. The molecule has 3 nitrogen and oxygen atoms in total. The van der Waals surface area contributed by atoms with Crippen molar-refractivity contribution in [3.8, 4) is 11.5 Å². The lowest BCUT2D eigenvalue weighted by Gasteiger charge is -1.95. The first-order valence-corrected chi connectivity index (χ1v) is 7.29. The lowest BCUT2D eigenvalue weighted by molar-refractivity contribution is 0.625. The summed E-state index contributed by atoms with van der Waals surface area (Å²) in [5.41, 5.74) is 3.79. The lowest BCUT2D eigenvalue weighted by atomic mass is 10.1. The Hall–Kier alpha value is -2.26. The third kappa shape index (κ3) is 1.93. The van der Waals surface area contributed by atoms with Gasteiger partial charge >= 0.3 is 0 Å². The highest BCUT2D eigenvalue weighted by atomic mass is 35.5. The molecule has 21 heavy (non-hydrogen) atoms. The van der Waals surface area contributed by atoms with Crippen LogP contribution in [0.5, 0.6) is 0 Å². The van der Waals surface area contributed by atoms with Crippen molar-refractivity contribution >= 4 is 28.2 Å². The van der Waals surface area contributed by atoms with Gasteiger partial charge in [0.05, 0.1) is 5.02 Å². The maximum Gasteiger partial charge on any atom is 0.158 e. The first-order chi connectivity index (χ1) is 10.3. The van der Waals surface area contributed by atoms with Crippen LogP contribution >= 0.6 is 11.6 Å². The van der Waals surface area contributed by atoms with Crippen LogP contribution in [0.2, 0.25) is 5.02 Å². The minimum Gasteiger partial charge on any atom is -0.454 e. The van der Waals surface area contributed by atoms with Crippen molar-refractivity contribution in [2.45, 2.75) is 13.3 Å². The number of fused-ring (bicyclic) bond motifs is 2. The maximum absolute atomic E-state index is 6.03. The van der Waals surface area contributed by atoms with Crippen molar-refractivity contribution in [1.82, 2.24) is 9.38 Å². The van der Waals surface area contributed by atoms with Gasteiger partial charge in [0, 0.05) is 23.3 Å². The van der Waals surface area contributed by atoms with Crippen LogP contribution in [0.4, 0.5) is 0 Å². The molecule has 0 fully saturated rings. The summed E-state index contributed by atoms with van der Waals surface area (Å²) >= 11 is 6.02. The molecule has 0 unspecified atom stereocenters. The van der Waals surface area contributed by atoms with Crippen molar-refractivity contribution in [3.05, 3.63) is 59.4 Å². The van der Waals surface area contributed by atoms with Gasteiger partial charge in [0.1, 0.15) is 16.9 Å². The number of hydrogen-bond acceptors (Lipinski definition) is 2. The second kappa shape index (κ2) is 4.64. The first kappa shape index (κ1) is 12.5. The summed E-state index contributed by atoms with van der Waals surface area (Å²) in [5, 5.41) is 1.84. The summed E-state index contributed by atoms with van der Waals surface area (Å²) in [7, 11) is 0. The lowest BCUT2D eigenvalue weighted by Crippen LogP contribution is -1.82. The summed E-state index contributed by atoms with van der Waals surface area (Å²) in [6.07, 6.45) is 4.71. The van der Waals surface area contributed by atoms with Gasteiger partial charge in [-0.25, -0.2) is 4.98 Å². The standard InChI is InChI=1S/C17H13ClN2O/c1-2-12-13-5-3-4-6-15(13)21-17(12)14-10-20-9-11(18)7-8-16(20)19-14/h3-10H,2H2,1H3. The quantitative estimate of drug-likeness (QED) is 0.523. The molecule has 0 saturated heterocycles. The fourth-order valence-corrected chi connectivity index (χ4v) is 2.90. The summed E-state index contributed by atoms with van der Waals surface area (Å²) < 4.78 is 7.95. The maximum atomic E-state index is 6.03. The Balaban J connectivity index is 1.99. The Morgan fingerprint density at radius 3 is 2.86 bits per heavy atom. The third-order valence-corrected chi connectivity index (χ3v) is 3.92. The van der Waals surface area contributed by atoms with Crippen molar-refractivity contribution in [3.63, 3.8) is 0 Å². The molecule has 4 rings (SSSR count). The number of aromatic nitrogens is 2. The van der Waals surface area contributed by atoms with Gasteiger partial charge in [-0.05, 0) is 24.6 Å². The third-order valence-electron chi connectivity index (χ3n) is 3.70. The van der Waals surface area contributed by atoms with Gasteiger partial charge in [0.15, 0.2) is 5.76 Å². The fraction of sp³-hybridized carbons (Fsp3) is 0.118. The fourth-order valence-electron chi connectivity index (χ4n) is 2.73. The van der Waals surface area contributed by atoms with E-state index in [1.54, 1.807) is 0 Å². The van der Waals surface area contributed by atoms with Crippen molar-refractivity contribution in [2.24, 2.45) is 0 Å². The number of furan rings is 1. The average molecular weight is 297 g/mol. The summed E-state index contributed by atoms with van der Waals surface area (Å²) in [6, 6.07) is 11.8. The molecule has 3 aromatic heterocycles. The van der Waals surface area contributed by atoms with Crippen molar-refractivity contribution in [2.75, 3.05) is 0 Å². The number of rotatable bonds is 2. The minimum absolute atomic E-state index is 0.687. The van der Waals surface area contributed by atoms with Crippen molar-refractivity contribution in [1.29, 1.82) is 0 Å². The molecular formula is C17H13ClN2O. The molecule has 0 amide bonds. The number of pyridine rings is 1. The summed E-state index contributed by atoms with van der Waals surface area (Å²) in [6.45, 7) is 2.13. The zero-order valence-corrected chi connectivity index (χ0v) is 12.3. The first-order valence-electron chi connectivity index (χ1n) is 6.91. The molecular weight excluding hydrogens is 284 g/mol. The summed E-state index contributed by atoms with van der Waals surface area (Å²) in [4.78, 5) is 4.64. The topological polar surface area (TPSA) is 30.4 Å². The van der Waals surface area contributed by atoms with Gasteiger partial charge in [-0.2, -0.15) is 0 Å². The van der Waals surface area contributed by atoms with Gasteiger partial charge in [-0.15, -0.1) is 0 Å². The van der Waals surface area contributed by atoms with Crippen LogP contribution < -0.4 is 0 Å². The minimum atomic E-state index is 0.687. The monoisotopic (exact) mass is 296 g/mol. The van der Waals surface area contributed by atoms with Gasteiger partial charge < -0.3 is 8.82 Å². The molecule has 0 spiro atoms. The van der Waals surface area contributed by atoms with E-state index in [1.165, 1.54) is 5.56 Å². The van der Waals surface area contributed by atoms with Crippen LogP contribution in [0, 0.1) is 0 Å². The number of para-hydroxylation sites is 1. The largest absolute Gasteiger partial charge is 0.454 e. The molecule has 0 atom stereocenters. The number of halogens is 1. The van der Waals surface area contributed by atoms with E-state index in [0.717, 1.165) is 34.5 Å². The van der Waals surface area contributed by atoms with Gasteiger partial charge in [0.25, 0.3) is 0 Å². The molecule has 104 valence electrons. The molecule has 0 saturated carbocycles. The second-order valence-corrected chi connectivity index (χ2v) is 5.43. The SMILES string of the molecule is CCc1c(-c2cn3cc(Cl)ccc3n2)oc2ccccc12. The van der Waals surface area contributed by atoms with Crippen LogP contribution in [0.15, 0.2) is 53.2 Å². The van der Waals surface area contributed by atoms with E-state index in [1.807, 2.05) is 47.1 Å². The summed E-state index contributed by atoms with van der Waals surface area (Å²) in [5.74, 6) is 0.846. The molecule has 0 aliphatic carbocycles. The zero-order valence-electron chi connectivity index (χ0n) is 11.5. The average Bonchev–Trinajstić information content (AvgIpc) is 3.06. The van der Waals surface area contributed by atoms with Gasteiger partial charge in [-0.3, -0.25) is 0 Å². The van der Waals surface area contributed by atoms with Gasteiger partial charge in [0.2, 0.25) is 0 Å². The molecule has 4 aromatic rings. The smallest absolute Gasteiger partial charge is 0.158 e. The number of imidazole rings is 1. The van der Waals surface area contributed by atoms with Crippen LogP contribution in [0.3, 0.4) is 0 Å². The molecule has 0 aliphatic rings. The highest BCUT2D eigenvalue weighted by Crippen LogP contribution is 2.33. The predicted molar refractivity (Wildman–Crippen MR) is 84.8 cm³/mol. The van der Waals surface area contributed by atoms with E-state index in [2.05, 4.69) is 18.0 Å². The van der Waals surface area contributed by atoms with Gasteiger partial charge in [-0.1, -0.05) is 36.7 Å². The molecule has 0 aliphatic heterocycles. The Morgan fingerprint density at radius 1 is 1.14 bits per heavy atom.